The molecule has 70 valence electrons. The lowest BCUT2D eigenvalue weighted by atomic mass is 9.97. The fourth-order valence-electron chi connectivity index (χ4n) is 1.23. The van der Waals surface area contributed by atoms with Crippen LogP contribution in [0, 0.1) is 3.57 Å². The predicted octanol–water partition coefficient (Wildman–Crippen LogP) is 2.09. The molecule has 0 fully saturated rings. The number of carbonyl (C=O) groups is 1. The quantitative estimate of drug-likeness (QED) is 0.683. The monoisotopic (exact) mass is 290 g/mol. The number of carbonyl (C=O) groups excluding carboxylic acids is 1. The second-order valence-corrected chi connectivity index (χ2v) is 4.17. The molecule has 1 rings (SSSR count). The van der Waals surface area contributed by atoms with Crippen LogP contribution in [0.5, 0.6) is 0 Å². The Bertz CT molecular complexity index is 310. The molecule has 0 aliphatic heterocycles. The van der Waals surface area contributed by atoms with Crippen LogP contribution in [0.4, 0.5) is 0 Å². The summed E-state index contributed by atoms with van der Waals surface area (Å²) in [5.41, 5.74) is 1.75. The van der Waals surface area contributed by atoms with Gasteiger partial charge in [-0.2, -0.15) is 0 Å². The van der Waals surface area contributed by atoms with Crippen LogP contribution in [0.3, 0.4) is 0 Å². The molecule has 0 aliphatic rings. The van der Waals surface area contributed by atoms with E-state index in [4.69, 9.17) is 5.11 Å². The van der Waals surface area contributed by atoms with Gasteiger partial charge in [-0.25, -0.2) is 0 Å². The van der Waals surface area contributed by atoms with Crippen LogP contribution in [0.25, 0.3) is 0 Å². The van der Waals surface area contributed by atoms with E-state index < -0.39 is 0 Å². The van der Waals surface area contributed by atoms with Crippen LogP contribution in [0.2, 0.25) is 0 Å². The molecule has 0 spiro atoms. The molecule has 0 aromatic heterocycles. The van der Waals surface area contributed by atoms with E-state index in [1.807, 2.05) is 25.1 Å². The zero-order valence-electron chi connectivity index (χ0n) is 7.33. The van der Waals surface area contributed by atoms with Crippen LogP contribution in [0.15, 0.2) is 18.2 Å². The molecular weight excluding hydrogens is 279 g/mol. The van der Waals surface area contributed by atoms with Gasteiger partial charge in [0.05, 0.1) is 6.61 Å². The van der Waals surface area contributed by atoms with E-state index in [2.05, 4.69) is 22.6 Å². The van der Waals surface area contributed by atoms with Gasteiger partial charge in [-0.3, -0.25) is 0 Å². The summed E-state index contributed by atoms with van der Waals surface area (Å²) in [6.07, 6.45) is 0.890. The number of halogens is 1. The van der Waals surface area contributed by atoms with Crippen molar-refractivity contribution in [1.82, 2.24) is 0 Å². The third-order valence-electron chi connectivity index (χ3n) is 1.97. The topological polar surface area (TPSA) is 37.3 Å². The average Bonchev–Trinajstić information content (AvgIpc) is 2.16. The van der Waals surface area contributed by atoms with Gasteiger partial charge in [-0.1, -0.05) is 13.0 Å². The normalized spacial score (nSPS) is 12.5. The number of hydrogen-bond donors (Lipinski definition) is 1. The van der Waals surface area contributed by atoms with Crippen LogP contribution in [-0.2, 0) is 11.4 Å². The number of aldehydes is 1. The summed E-state index contributed by atoms with van der Waals surface area (Å²) < 4.78 is 1.07. The van der Waals surface area contributed by atoms with Gasteiger partial charge < -0.3 is 9.90 Å². The number of aliphatic hydroxyl groups excluding tert-OH is 1. The minimum absolute atomic E-state index is 0.00957. The predicted molar refractivity (Wildman–Crippen MR) is 59.6 cm³/mol. The molecule has 0 bridgehead atoms. The van der Waals surface area contributed by atoms with Gasteiger partial charge >= 0.3 is 0 Å². The Morgan fingerprint density at radius 1 is 1.62 bits per heavy atom. The molecule has 1 atom stereocenters. The molecule has 3 heteroatoms. The summed E-state index contributed by atoms with van der Waals surface area (Å²) in [4.78, 5) is 10.6. The third-order valence-corrected chi connectivity index (χ3v) is 2.64. The van der Waals surface area contributed by atoms with Crippen molar-refractivity contribution in [1.29, 1.82) is 0 Å². The van der Waals surface area contributed by atoms with Crippen LogP contribution in [-0.4, -0.2) is 11.4 Å². The molecule has 1 N–H and O–H groups in total. The average molecular weight is 290 g/mol. The fourth-order valence-corrected chi connectivity index (χ4v) is 1.78. The number of benzene rings is 1. The lowest BCUT2D eigenvalue weighted by molar-refractivity contribution is -0.108. The first-order valence-corrected chi connectivity index (χ1v) is 5.11. The van der Waals surface area contributed by atoms with E-state index in [0.717, 1.165) is 21.0 Å². The molecular formula is C10H11IO2. The van der Waals surface area contributed by atoms with Gasteiger partial charge in [0.15, 0.2) is 0 Å². The Kier molecular flexibility index (Phi) is 3.87. The van der Waals surface area contributed by atoms with Gasteiger partial charge in [0.1, 0.15) is 6.29 Å². The van der Waals surface area contributed by atoms with Gasteiger partial charge in [-0.05, 0) is 45.9 Å². The zero-order valence-corrected chi connectivity index (χ0v) is 9.48. The Labute approximate surface area is 91.1 Å². The summed E-state index contributed by atoms with van der Waals surface area (Å²) in [5.74, 6) is -0.140. The maximum Gasteiger partial charge on any atom is 0.127 e. The molecule has 0 aliphatic carbocycles. The SMILES string of the molecule is CC(C=O)c1ccc(I)cc1CO. The van der Waals surface area contributed by atoms with Gasteiger partial charge in [0, 0.05) is 9.49 Å². The lowest BCUT2D eigenvalue weighted by Crippen LogP contribution is -2.00. The lowest BCUT2D eigenvalue weighted by Gasteiger charge is -2.09. The third kappa shape index (κ3) is 2.51. The van der Waals surface area contributed by atoms with Crippen molar-refractivity contribution in [2.75, 3.05) is 0 Å². The van der Waals surface area contributed by atoms with Gasteiger partial charge in [0.25, 0.3) is 0 Å². The Morgan fingerprint density at radius 3 is 2.85 bits per heavy atom. The molecule has 1 aromatic carbocycles. The van der Waals surface area contributed by atoms with Gasteiger partial charge in [0.2, 0.25) is 0 Å². The highest BCUT2D eigenvalue weighted by Crippen LogP contribution is 2.20. The fraction of sp³-hybridized carbons (Fsp3) is 0.300. The summed E-state index contributed by atoms with van der Waals surface area (Å²) in [6.45, 7) is 1.82. The smallest absolute Gasteiger partial charge is 0.127 e. The van der Waals surface area contributed by atoms with E-state index in [9.17, 15) is 4.79 Å². The minimum atomic E-state index is -0.140. The first kappa shape index (κ1) is 10.7. The second-order valence-electron chi connectivity index (χ2n) is 2.93. The first-order valence-electron chi connectivity index (χ1n) is 4.03. The van der Waals surface area contributed by atoms with E-state index in [-0.39, 0.29) is 12.5 Å². The highest BCUT2D eigenvalue weighted by atomic mass is 127. The van der Waals surface area contributed by atoms with E-state index in [1.54, 1.807) is 0 Å². The van der Waals surface area contributed by atoms with Crippen molar-refractivity contribution in [2.24, 2.45) is 0 Å². The number of hydrogen-bond acceptors (Lipinski definition) is 2. The molecule has 1 unspecified atom stereocenters. The first-order chi connectivity index (χ1) is 6.19. The van der Waals surface area contributed by atoms with Crippen LogP contribution >= 0.6 is 22.6 Å². The molecule has 0 saturated heterocycles. The van der Waals surface area contributed by atoms with Crippen LogP contribution in [0.1, 0.15) is 24.0 Å². The molecule has 0 saturated carbocycles. The van der Waals surface area contributed by atoms with Crippen molar-refractivity contribution in [3.8, 4) is 0 Å². The maximum absolute atomic E-state index is 10.6. The molecule has 13 heavy (non-hydrogen) atoms. The maximum atomic E-state index is 10.6. The van der Waals surface area contributed by atoms with E-state index in [1.165, 1.54) is 0 Å². The molecule has 0 amide bonds. The highest BCUT2D eigenvalue weighted by molar-refractivity contribution is 14.1. The zero-order chi connectivity index (χ0) is 9.84. The van der Waals surface area contributed by atoms with Crippen molar-refractivity contribution in [2.45, 2.75) is 19.4 Å². The van der Waals surface area contributed by atoms with Crippen molar-refractivity contribution in [3.05, 3.63) is 32.9 Å². The molecule has 0 heterocycles. The van der Waals surface area contributed by atoms with Gasteiger partial charge in [-0.15, -0.1) is 0 Å². The van der Waals surface area contributed by atoms with Crippen molar-refractivity contribution >= 4 is 28.9 Å². The van der Waals surface area contributed by atoms with Crippen molar-refractivity contribution in [3.63, 3.8) is 0 Å². The largest absolute Gasteiger partial charge is 0.392 e. The Balaban J connectivity index is 3.12. The highest BCUT2D eigenvalue weighted by Gasteiger charge is 2.08. The van der Waals surface area contributed by atoms with Crippen LogP contribution < -0.4 is 0 Å². The summed E-state index contributed by atoms with van der Waals surface area (Å²) >= 11 is 2.18. The summed E-state index contributed by atoms with van der Waals surface area (Å²) in [6, 6.07) is 5.73. The molecule has 1 aromatic rings. The Hall–Kier alpha value is -0.420. The minimum Gasteiger partial charge on any atom is -0.392 e. The standard InChI is InChI=1S/C10H11IO2/c1-7(5-12)10-3-2-9(11)4-8(10)6-13/h2-5,7,13H,6H2,1H3. The van der Waals surface area contributed by atoms with E-state index >= 15 is 0 Å². The number of rotatable bonds is 3. The summed E-state index contributed by atoms with van der Waals surface area (Å²) in [5, 5.41) is 9.07. The van der Waals surface area contributed by atoms with E-state index in [0.29, 0.717) is 0 Å². The van der Waals surface area contributed by atoms with Crippen molar-refractivity contribution < 1.29 is 9.90 Å². The second kappa shape index (κ2) is 4.72. The summed E-state index contributed by atoms with van der Waals surface area (Å²) in [7, 11) is 0. The molecule has 0 radical (unpaired) electrons. The number of aliphatic hydroxyl groups is 1. The molecule has 2 nitrogen and oxygen atoms in total. The Morgan fingerprint density at radius 2 is 2.31 bits per heavy atom.